The molecule has 2 rings (SSSR count). The molecule has 2 aromatic rings. The third-order valence-electron chi connectivity index (χ3n) is 1.91. The minimum atomic E-state index is -1.49. The highest BCUT2D eigenvalue weighted by molar-refractivity contribution is 9.10. The maximum Gasteiger partial charge on any atom is 0.194 e. The van der Waals surface area contributed by atoms with E-state index in [-0.39, 0.29) is 5.56 Å². The van der Waals surface area contributed by atoms with Crippen LogP contribution in [0.25, 0.3) is 11.3 Å². The summed E-state index contributed by atoms with van der Waals surface area (Å²) in [4.78, 5) is 7.60. The van der Waals surface area contributed by atoms with Crippen molar-refractivity contribution in [3.05, 3.63) is 46.6 Å². The summed E-state index contributed by atoms with van der Waals surface area (Å²) < 4.78 is 39.1. The maximum atomic E-state index is 13.0. The molecule has 1 aromatic carbocycles. The van der Waals surface area contributed by atoms with E-state index in [2.05, 4.69) is 25.9 Å². The van der Waals surface area contributed by atoms with Crippen molar-refractivity contribution in [2.75, 3.05) is 0 Å². The SMILES string of the molecule is Fc1cc(-c2cc(Br)ncn2)cc(F)c1F. The van der Waals surface area contributed by atoms with Crippen LogP contribution in [0.3, 0.4) is 0 Å². The Hall–Kier alpha value is -1.43. The van der Waals surface area contributed by atoms with E-state index in [1.165, 1.54) is 12.4 Å². The molecule has 0 saturated heterocycles. The lowest BCUT2D eigenvalue weighted by Gasteiger charge is -2.02. The number of rotatable bonds is 1. The molecule has 16 heavy (non-hydrogen) atoms. The molecule has 0 atom stereocenters. The summed E-state index contributed by atoms with van der Waals surface area (Å²) in [6, 6.07) is 3.24. The zero-order valence-corrected chi connectivity index (χ0v) is 9.30. The highest BCUT2D eigenvalue weighted by Crippen LogP contribution is 2.23. The van der Waals surface area contributed by atoms with E-state index in [0.717, 1.165) is 12.1 Å². The number of hydrogen-bond donors (Lipinski definition) is 0. The highest BCUT2D eigenvalue weighted by atomic mass is 79.9. The van der Waals surface area contributed by atoms with Crippen LogP contribution < -0.4 is 0 Å². The smallest absolute Gasteiger partial charge is 0.194 e. The zero-order valence-electron chi connectivity index (χ0n) is 7.72. The van der Waals surface area contributed by atoms with Gasteiger partial charge in [-0.25, -0.2) is 23.1 Å². The lowest BCUT2D eigenvalue weighted by Crippen LogP contribution is -1.93. The fraction of sp³-hybridized carbons (Fsp3) is 0. The zero-order chi connectivity index (χ0) is 11.7. The van der Waals surface area contributed by atoms with Crippen LogP contribution in [0.4, 0.5) is 13.2 Å². The maximum absolute atomic E-state index is 13.0. The van der Waals surface area contributed by atoms with Crippen molar-refractivity contribution in [2.45, 2.75) is 0 Å². The molecule has 0 fully saturated rings. The first-order valence-corrected chi connectivity index (χ1v) is 4.99. The van der Waals surface area contributed by atoms with E-state index >= 15 is 0 Å². The Bertz CT molecular complexity index is 522. The van der Waals surface area contributed by atoms with E-state index in [0.29, 0.717) is 10.3 Å². The van der Waals surface area contributed by atoms with Crippen molar-refractivity contribution in [2.24, 2.45) is 0 Å². The summed E-state index contributed by atoms with van der Waals surface area (Å²) in [6.07, 6.45) is 1.23. The molecule has 0 aliphatic heterocycles. The molecule has 1 aromatic heterocycles. The third-order valence-corrected chi connectivity index (χ3v) is 2.35. The van der Waals surface area contributed by atoms with Gasteiger partial charge in [-0.1, -0.05) is 0 Å². The van der Waals surface area contributed by atoms with Crippen molar-refractivity contribution in [1.29, 1.82) is 0 Å². The van der Waals surface area contributed by atoms with Gasteiger partial charge in [-0.3, -0.25) is 0 Å². The number of halogens is 4. The summed E-state index contributed by atoms with van der Waals surface area (Å²) in [7, 11) is 0. The van der Waals surface area contributed by atoms with Crippen LogP contribution in [0.15, 0.2) is 29.1 Å². The number of hydrogen-bond acceptors (Lipinski definition) is 2. The van der Waals surface area contributed by atoms with Gasteiger partial charge >= 0.3 is 0 Å². The Labute approximate surface area is 97.3 Å². The van der Waals surface area contributed by atoms with E-state index in [1.807, 2.05) is 0 Å². The van der Waals surface area contributed by atoms with Crippen LogP contribution in [0.1, 0.15) is 0 Å². The Kier molecular flexibility index (Phi) is 2.91. The average molecular weight is 289 g/mol. The van der Waals surface area contributed by atoms with Gasteiger partial charge in [0.05, 0.1) is 5.69 Å². The molecule has 0 bridgehead atoms. The Morgan fingerprint density at radius 1 is 0.938 bits per heavy atom. The largest absolute Gasteiger partial charge is 0.236 e. The second kappa shape index (κ2) is 4.21. The first kappa shape index (κ1) is 11.1. The Morgan fingerprint density at radius 3 is 2.12 bits per heavy atom. The molecular weight excluding hydrogens is 285 g/mol. The normalized spacial score (nSPS) is 10.5. The molecule has 0 aliphatic rings. The van der Waals surface area contributed by atoms with Crippen LogP contribution in [0, 0.1) is 17.5 Å². The molecule has 1 heterocycles. The first-order chi connectivity index (χ1) is 7.58. The number of benzene rings is 1. The van der Waals surface area contributed by atoms with Crippen LogP contribution in [0.5, 0.6) is 0 Å². The van der Waals surface area contributed by atoms with Crippen molar-refractivity contribution in [3.63, 3.8) is 0 Å². The quantitative estimate of drug-likeness (QED) is 0.594. The summed E-state index contributed by atoms with van der Waals surface area (Å²) in [6.45, 7) is 0. The molecule has 6 heteroatoms. The van der Waals surface area contributed by atoms with Gasteiger partial charge in [0.25, 0.3) is 0 Å². The van der Waals surface area contributed by atoms with E-state index in [1.54, 1.807) is 0 Å². The van der Waals surface area contributed by atoms with Gasteiger partial charge in [0.2, 0.25) is 0 Å². The van der Waals surface area contributed by atoms with Gasteiger partial charge in [0.1, 0.15) is 10.9 Å². The highest BCUT2D eigenvalue weighted by Gasteiger charge is 2.12. The minimum absolute atomic E-state index is 0.152. The van der Waals surface area contributed by atoms with Crippen molar-refractivity contribution >= 4 is 15.9 Å². The second-order valence-corrected chi connectivity index (χ2v) is 3.79. The predicted molar refractivity (Wildman–Crippen MR) is 55.0 cm³/mol. The summed E-state index contributed by atoms with van der Waals surface area (Å²) in [5.41, 5.74) is 0.458. The van der Waals surface area contributed by atoms with E-state index < -0.39 is 17.5 Å². The predicted octanol–water partition coefficient (Wildman–Crippen LogP) is 3.32. The molecular formula is C10H4BrF3N2. The van der Waals surface area contributed by atoms with Gasteiger partial charge in [-0.2, -0.15) is 0 Å². The van der Waals surface area contributed by atoms with Gasteiger partial charge < -0.3 is 0 Å². The van der Waals surface area contributed by atoms with Gasteiger partial charge in [-0.05, 0) is 34.1 Å². The van der Waals surface area contributed by atoms with E-state index in [9.17, 15) is 13.2 Å². The van der Waals surface area contributed by atoms with Crippen LogP contribution >= 0.6 is 15.9 Å². The minimum Gasteiger partial charge on any atom is -0.236 e. The van der Waals surface area contributed by atoms with Crippen molar-refractivity contribution in [1.82, 2.24) is 9.97 Å². The number of aromatic nitrogens is 2. The summed E-state index contributed by atoms with van der Waals surface area (Å²) in [5.74, 6) is -3.98. The molecule has 0 aliphatic carbocycles. The first-order valence-electron chi connectivity index (χ1n) is 4.20. The lowest BCUT2D eigenvalue weighted by molar-refractivity contribution is 0.447. The van der Waals surface area contributed by atoms with Gasteiger partial charge in [0.15, 0.2) is 17.5 Å². The Morgan fingerprint density at radius 2 is 1.56 bits per heavy atom. The summed E-state index contributed by atoms with van der Waals surface area (Å²) in [5, 5.41) is 0. The molecule has 0 radical (unpaired) electrons. The van der Waals surface area contributed by atoms with Crippen LogP contribution in [-0.4, -0.2) is 9.97 Å². The fourth-order valence-electron chi connectivity index (χ4n) is 1.19. The Balaban J connectivity index is 2.57. The average Bonchev–Trinajstić information content (AvgIpc) is 2.25. The topological polar surface area (TPSA) is 25.8 Å². The molecule has 0 amide bonds. The van der Waals surface area contributed by atoms with Crippen molar-refractivity contribution in [3.8, 4) is 11.3 Å². The fourth-order valence-corrected chi connectivity index (χ4v) is 1.50. The van der Waals surface area contributed by atoms with Crippen LogP contribution in [0.2, 0.25) is 0 Å². The monoisotopic (exact) mass is 288 g/mol. The molecule has 0 N–H and O–H groups in total. The summed E-state index contributed by atoms with van der Waals surface area (Å²) >= 11 is 3.10. The molecule has 2 nitrogen and oxygen atoms in total. The van der Waals surface area contributed by atoms with Gasteiger partial charge in [0, 0.05) is 5.56 Å². The lowest BCUT2D eigenvalue weighted by atomic mass is 10.1. The van der Waals surface area contributed by atoms with Crippen molar-refractivity contribution < 1.29 is 13.2 Å². The molecule has 82 valence electrons. The van der Waals surface area contributed by atoms with Crippen LogP contribution in [-0.2, 0) is 0 Å². The molecule has 0 saturated carbocycles. The number of nitrogens with zero attached hydrogens (tertiary/aromatic N) is 2. The third kappa shape index (κ3) is 2.06. The molecule has 0 unspecified atom stereocenters. The van der Waals surface area contributed by atoms with Gasteiger partial charge in [-0.15, -0.1) is 0 Å². The molecule has 0 spiro atoms. The standard InChI is InChI=1S/C10H4BrF3N2/c11-9-3-8(15-4-16-9)5-1-6(12)10(14)7(13)2-5/h1-4H. The second-order valence-electron chi connectivity index (χ2n) is 2.98. The van der Waals surface area contributed by atoms with E-state index in [4.69, 9.17) is 0 Å².